The van der Waals surface area contributed by atoms with Gasteiger partial charge in [-0.05, 0) is 20.8 Å². The van der Waals surface area contributed by atoms with Gasteiger partial charge in [0.05, 0.1) is 29.3 Å². The van der Waals surface area contributed by atoms with E-state index in [1.165, 1.54) is 0 Å². The standard InChI is InChI=1S/C12H15N5O3S/c1-5-9(6(2)17-16-5)15-12(20)13-4-8-14-7(3)10(21-8)11(18)19/h4H2,1-3H3,(H,16,17)(H,18,19)(H2,13,15,20). The smallest absolute Gasteiger partial charge is 0.347 e. The van der Waals surface area contributed by atoms with E-state index in [9.17, 15) is 9.59 Å². The van der Waals surface area contributed by atoms with Crippen LogP contribution in [0.5, 0.6) is 0 Å². The molecule has 0 fully saturated rings. The number of rotatable bonds is 4. The summed E-state index contributed by atoms with van der Waals surface area (Å²) in [6.45, 7) is 5.38. The van der Waals surface area contributed by atoms with Crippen molar-refractivity contribution in [3.8, 4) is 0 Å². The van der Waals surface area contributed by atoms with Crippen molar-refractivity contribution >= 4 is 29.0 Å². The maximum Gasteiger partial charge on any atom is 0.347 e. The zero-order valence-electron chi connectivity index (χ0n) is 11.8. The second-order valence-corrected chi connectivity index (χ2v) is 5.53. The summed E-state index contributed by atoms with van der Waals surface area (Å²) in [7, 11) is 0. The highest BCUT2D eigenvalue weighted by molar-refractivity contribution is 7.13. The fraction of sp³-hybridized carbons (Fsp3) is 0.333. The van der Waals surface area contributed by atoms with E-state index >= 15 is 0 Å². The first-order valence-corrected chi connectivity index (χ1v) is 6.96. The van der Waals surface area contributed by atoms with E-state index in [4.69, 9.17) is 5.11 Å². The lowest BCUT2D eigenvalue weighted by molar-refractivity contribution is 0.0701. The molecule has 0 bridgehead atoms. The van der Waals surface area contributed by atoms with Crippen molar-refractivity contribution in [1.82, 2.24) is 20.5 Å². The molecule has 2 amide bonds. The minimum absolute atomic E-state index is 0.167. The van der Waals surface area contributed by atoms with Crippen molar-refractivity contribution in [3.05, 3.63) is 27.0 Å². The summed E-state index contributed by atoms with van der Waals surface area (Å²) in [5.74, 6) is -1.01. The van der Waals surface area contributed by atoms with Crippen molar-refractivity contribution in [1.29, 1.82) is 0 Å². The molecule has 0 unspecified atom stereocenters. The van der Waals surface area contributed by atoms with Crippen LogP contribution in [0, 0.1) is 20.8 Å². The van der Waals surface area contributed by atoms with Gasteiger partial charge in [-0.1, -0.05) is 0 Å². The van der Waals surface area contributed by atoms with Crippen LogP contribution in [0.2, 0.25) is 0 Å². The largest absolute Gasteiger partial charge is 0.477 e. The van der Waals surface area contributed by atoms with Gasteiger partial charge in [0.25, 0.3) is 0 Å². The van der Waals surface area contributed by atoms with E-state index < -0.39 is 12.0 Å². The Morgan fingerprint density at radius 2 is 2.00 bits per heavy atom. The molecule has 0 saturated carbocycles. The number of amides is 2. The number of thiazole rings is 1. The van der Waals surface area contributed by atoms with Crippen molar-refractivity contribution < 1.29 is 14.7 Å². The number of carbonyl (C=O) groups excluding carboxylic acids is 1. The van der Waals surface area contributed by atoms with Gasteiger partial charge in [-0.25, -0.2) is 14.6 Å². The highest BCUT2D eigenvalue weighted by atomic mass is 32.1. The molecular formula is C12H15N5O3S. The predicted molar refractivity (Wildman–Crippen MR) is 77.7 cm³/mol. The molecular weight excluding hydrogens is 294 g/mol. The van der Waals surface area contributed by atoms with Crippen LogP contribution in [0.4, 0.5) is 10.5 Å². The summed E-state index contributed by atoms with van der Waals surface area (Å²) >= 11 is 1.05. The number of carboxylic acids is 1. The molecule has 8 nitrogen and oxygen atoms in total. The molecule has 112 valence electrons. The third kappa shape index (κ3) is 3.37. The predicted octanol–water partition coefficient (Wildman–Crippen LogP) is 1.81. The average Bonchev–Trinajstić information content (AvgIpc) is 2.94. The second-order valence-electron chi connectivity index (χ2n) is 4.44. The number of aromatic amines is 1. The fourth-order valence-corrected chi connectivity index (χ4v) is 2.62. The number of hydrogen-bond acceptors (Lipinski definition) is 5. The van der Waals surface area contributed by atoms with E-state index in [1.807, 2.05) is 0 Å². The molecule has 0 aliphatic heterocycles. The number of aromatic carboxylic acids is 1. The zero-order chi connectivity index (χ0) is 15.6. The monoisotopic (exact) mass is 309 g/mol. The third-order valence-electron chi connectivity index (χ3n) is 2.80. The van der Waals surface area contributed by atoms with E-state index in [2.05, 4.69) is 25.8 Å². The van der Waals surface area contributed by atoms with Gasteiger partial charge in [0.2, 0.25) is 0 Å². The highest BCUT2D eigenvalue weighted by Gasteiger charge is 2.15. The summed E-state index contributed by atoms with van der Waals surface area (Å²) in [6, 6.07) is -0.396. The van der Waals surface area contributed by atoms with Crippen LogP contribution in [-0.4, -0.2) is 32.3 Å². The number of carbonyl (C=O) groups is 2. The molecule has 0 saturated heterocycles. The van der Waals surface area contributed by atoms with Crippen molar-refractivity contribution in [2.24, 2.45) is 0 Å². The Labute approximate surface area is 124 Å². The molecule has 21 heavy (non-hydrogen) atoms. The lowest BCUT2D eigenvalue weighted by Crippen LogP contribution is -2.28. The number of aryl methyl sites for hydroxylation is 3. The van der Waals surface area contributed by atoms with Gasteiger partial charge in [0.15, 0.2) is 0 Å². The molecule has 0 aromatic carbocycles. The number of aromatic nitrogens is 3. The van der Waals surface area contributed by atoms with Crippen molar-refractivity contribution in [2.45, 2.75) is 27.3 Å². The summed E-state index contributed by atoms with van der Waals surface area (Å²) in [4.78, 5) is 27.0. The topological polar surface area (TPSA) is 120 Å². The quantitative estimate of drug-likeness (QED) is 0.686. The summed E-state index contributed by atoms with van der Waals surface area (Å²) in [5.41, 5.74) is 2.54. The van der Waals surface area contributed by atoms with Crippen molar-refractivity contribution in [3.63, 3.8) is 0 Å². The minimum Gasteiger partial charge on any atom is -0.477 e. The molecule has 0 spiro atoms. The van der Waals surface area contributed by atoms with E-state index in [1.54, 1.807) is 20.8 Å². The fourth-order valence-electron chi connectivity index (χ4n) is 1.78. The van der Waals surface area contributed by atoms with Gasteiger partial charge in [-0.2, -0.15) is 5.10 Å². The SMILES string of the molecule is Cc1nc(CNC(=O)Nc2c(C)n[nH]c2C)sc1C(=O)O. The van der Waals surface area contributed by atoms with Crippen molar-refractivity contribution in [2.75, 3.05) is 5.32 Å². The van der Waals surface area contributed by atoms with Gasteiger partial charge in [0.1, 0.15) is 9.88 Å². The molecule has 2 aromatic rings. The van der Waals surface area contributed by atoms with Crippen LogP contribution in [0.3, 0.4) is 0 Å². The van der Waals surface area contributed by atoms with Crippen LogP contribution in [0.1, 0.15) is 31.8 Å². The number of H-pyrrole nitrogens is 1. The molecule has 2 aromatic heterocycles. The van der Waals surface area contributed by atoms with Crippen LogP contribution < -0.4 is 10.6 Å². The number of urea groups is 1. The van der Waals surface area contributed by atoms with Gasteiger partial charge in [-0.3, -0.25) is 5.10 Å². The Bertz CT molecular complexity index is 672. The maximum absolute atomic E-state index is 11.8. The molecule has 2 rings (SSSR count). The summed E-state index contributed by atoms with van der Waals surface area (Å²) in [5, 5.41) is 21.6. The lowest BCUT2D eigenvalue weighted by Gasteiger charge is -2.06. The molecule has 0 radical (unpaired) electrons. The van der Waals surface area contributed by atoms with E-state index in [0.717, 1.165) is 17.0 Å². The number of carboxylic acid groups (broad SMARTS) is 1. The Hall–Kier alpha value is -2.42. The van der Waals surface area contributed by atoms with Gasteiger partial charge < -0.3 is 15.7 Å². The first-order valence-electron chi connectivity index (χ1n) is 6.14. The van der Waals surface area contributed by atoms with Crippen LogP contribution >= 0.6 is 11.3 Å². The lowest BCUT2D eigenvalue weighted by atomic mass is 10.3. The maximum atomic E-state index is 11.8. The zero-order valence-corrected chi connectivity index (χ0v) is 12.6. The Kier molecular flexibility index (Phi) is 4.22. The first-order chi connectivity index (χ1) is 9.88. The Morgan fingerprint density at radius 1 is 1.29 bits per heavy atom. The molecule has 9 heteroatoms. The Morgan fingerprint density at radius 3 is 2.52 bits per heavy atom. The summed E-state index contributed by atoms with van der Waals surface area (Å²) in [6.07, 6.45) is 0. The number of anilines is 1. The molecule has 0 aliphatic carbocycles. The van der Waals surface area contributed by atoms with E-state index in [-0.39, 0.29) is 11.4 Å². The number of nitrogens with zero attached hydrogens (tertiary/aromatic N) is 2. The Balaban J connectivity index is 1.95. The van der Waals surface area contributed by atoms with Crippen LogP contribution in [0.25, 0.3) is 0 Å². The van der Waals surface area contributed by atoms with Gasteiger partial charge >= 0.3 is 12.0 Å². The molecule has 0 atom stereocenters. The van der Waals surface area contributed by atoms with Gasteiger partial charge in [0, 0.05) is 0 Å². The van der Waals surface area contributed by atoms with Gasteiger partial charge in [-0.15, -0.1) is 11.3 Å². The highest BCUT2D eigenvalue weighted by Crippen LogP contribution is 2.18. The minimum atomic E-state index is -1.01. The molecule has 2 heterocycles. The second kappa shape index (κ2) is 5.92. The summed E-state index contributed by atoms with van der Waals surface area (Å²) < 4.78 is 0. The average molecular weight is 309 g/mol. The molecule has 0 aliphatic rings. The number of hydrogen-bond donors (Lipinski definition) is 4. The van der Waals surface area contributed by atoms with Crippen LogP contribution in [-0.2, 0) is 6.54 Å². The number of nitrogens with one attached hydrogen (secondary N) is 3. The van der Waals surface area contributed by atoms with Crippen LogP contribution in [0.15, 0.2) is 0 Å². The first kappa shape index (κ1) is 15.0. The van der Waals surface area contributed by atoms with E-state index in [0.29, 0.717) is 22.1 Å². The molecule has 4 N–H and O–H groups in total. The normalized spacial score (nSPS) is 10.4. The third-order valence-corrected chi connectivity index (χ3v) is 3.95.